The summed E-state index contributed by atoms with van der Waals surface area (Å²) in [6.45, 7) is 2.84. The SMILES string of the molecule is Cc1ccccc1CNC(=O)c1cccc(C(=O)NCc2ccc(Cl)cc2)c1. The molecule has 0 heterocycles. The van der Waals surface area contributed by atoms with Gasteiger partial charge in [0.15, 0.2) is 0 Å². The number of hydrogen-bond acceptors (Lipinski definition) is 2. The summed E-state index contributed by atoms with van der Waals surface area (Å²) < 4.78 is 0. The zero-order valence-corrected chi connectivity index (χ0v) is 16.3. The lowest BCUT2D eigenvalue weighted by molar-refractivity contribution is 0.0950. The van der Waals surface area contributed by atoms with E-state index in [4.69, 9.17) is 11.6 Å². The van der Waals surface area contributed by atoms with E-state index in [2.05, 4.69) is 10.6 Å². The first kappa shape index (κ1) is 19.6. The van der Waals surface area contributed by atoms with Crippen LogP contribution >= 0.6 is 11.6 Å². The molecular weight excluding hydrogens is 372 g/mol. The number of benzene rings is 3. The molecule has 0 radical (unpaired) electrons. The van der Waals surface area contributed by atoms with Gasteiger partial charge in [-0.2, -0.15) is 0 Å². The third-order valence-corrected chi connectivity index (χ3v) is 4.71. The van der Waals surface area contributed by atoms with Crippen molar-refractivity contribution in [3.63, 3.8) is 0 Å². The topological polar surface area (TPSA) is 58.2 Å². The highest BCUT2D eigenvalue weighted by Crippen LogP contribution is 2.11. The monoisotopic (exact) mass is 392 g/mol. The summed E-state index contributed by atoms with van der Waals surface area (Å²) in [5.41, 5.74) is 4.03. The van der Waals surface area contributed by atoms with E-state index in [1.165, 1.54) is 0 Å². The maximum atomic E-state index is 12.5. The Morgan fingerprint density at radius 1 is 0.786 bits per heavy atom. The summed E-state index contributed by atoms with van der Waals surface area (Å²) in [7, 11) is 0. The number of halogens is 1. The van der Waals surface area contributed by atoms with Gasteiger partial charge in [-0.25, -0.2) is 0 Å². The first-order valence-corrected chi connectivity index (χ1v) is 9.36. The van der Waals surface area contributed by atoms with Gasteiger partial charge in [0.05, 0.1) is 0 Å². The Bertz CT molecular complexity index is 984. The van der Waals surface area contributed by atoms with Gasteiger partial charge in [0.2, 0.25) is 0 Å². The Balaban J connectivity index is 1.60. The molecule has 0 saturated carbocycles. The van der Waals surface area contributed by atoms with E-state index in [1.54, 1.807) is 36.4 Å². The van der Waals surface area contributed by atoms with Crippen LogP contribution in [0.15, 0.2) is 72.8 Å². The molecular formula is C23H21ClN2O2. The van der Waals surface area contributed by atoms with Crippen LogP contribution in [-0.2, 0) is 13.1 Å². The highest BCUT2D eigenvalue weighted by molar-refractivity contribution is 6.30. The molecule has 0 aromatic heterocycles. The van der Waals surface area contributed by atoms with Gasteiger partial charge in [0.25, 0.3) is 11.8 Å². The molecule has 0 atom stereocenters. The molecule has 0 aliphatic heterocycles. The van der Waals surface area contributed by atoms with Crippen LogP contribution in [0, 0.1) is 6.92 Å². The molecule has 3 aromatic rings. The van der Waals surface area contributed by atoms with Gasteiger partial charge in [-0.3, -0.25) is 9.59 Å². The fourth-order valence-corrected chi connectivity index (χ4v) is 2.90. The number of aryl methyl sites for hydroxylation is 1. The minimum Gasteiger partial charge on any atom is -0.348 e. The highest BCUT2D eigenvalue weighted by atomic mass is 35.5. The lowest BCUT2D eigenvalue weighted by Crippen LogP contribution is -2.25. The number of carbonyl (C=O) groups is 2. The number of rotatable bonds is 6. The largest absolute Gasteiger partial charge is 0.348 e. The Kier molecular flexibility index (Phi) is 6.45. The van der Waals surface area contributed by atoms with Gasteiger partial charge in [-0.1, -0.05) is 54.1 Å². The maximum Gasteiger partial charge on any atom is 0.251 e. The molecule has 4 nitrogen and oxygen atoms in total. The van der Waals surface area contributed by atoms with Crippen LogP contribution in [0.5, 0.6) is 0 Å². The minimum absolute atomic E-state index is 0.212. The number of nitrogens with one attached hydrogen (secondary N) is 2. The van der Waals surface area contributed by atoms with Gasteiger partial charge in [-0.05, 0) is 53.9 Å². The molecule has 0 spiro atoms. The minimum atomic E-state index is -0.233. The molecule has 2 N–H and O–H groups in total. The predicted octanol–water partition coefficient (Wildman–Crippen LogP) is 4.51. The van der Waals surface area contributed by atoms with Crippen molar-refractivity contribution in [1.82, 2.24) is 10.6 Å². The van der Waals surface area contributed by atoms with Crippen LogP contribution in [0.1, 0.15) is 37.4 Å². The van der Waals surface area contributed by atoms with Crippen LogP contribution in [0.2, 0.25) is 5.02 Å². The zero-order chi connectivity index (χ0) is 19.9. The first-order valence-electron chi connectivity index (χ1n) is 8.98. The fraction of sp³-hybridized carbons (Fsp3) is 0.130. The van der Waals surface area contributed by atoms with Crippen molar-refractivity contribution in [3.8, 4) is 0 Å². The maximum absolute atomic E-state index is 12.5. The Morgan fingerprint density at radius 2 is 1.39 bits per heavy atom. The van der Waals surface area contributed by atoms with Crippen molar-refractivity contribution >= 4 is 23.4 Å². The van der Waals surface area contributed by atoms with Crippen LogP contribution < -0.4 is 10.6 Å². The van der Waals surface area contributed by atoms with Crippen molar-refractivity contribution in [1.29, 1.82) is 0 Å². The van der Waals surface area contributed by atoms with Crippen molar-refractivity contribution in [3.05, 3.63) is 106 Å². The van der Waals surface area contributed by atoms with E-state index >= 15 is 0 Å². The third kappa shape index (κ3) is 5.21. The van der Waals surface area contributed by atoms with E-state index < -0.39 is 0 Å². The van der Waals surface area contributed by atoms with Crippen molar-refractivity contribution < 1.29 is 9.59 Å². The Hall–Kier alpha value is -3.11. The molecule has 0 saturated heterocycles. The predicted molar refractivity (Wildman–Crippen MR) is 111 cm³/mol. The zero-order valence-electron chi connectivity index (χ0n) is 15.5. The molecule has 0 aliphatic carbocycles. The van der Waals surface area contributed by atoms with Crippen LogP contribution in [-0.4, -0.2) is 11.8 Å². The second-order valence-corrected chi connectivity index (χ2v) is 6.94. The smallest absolute Gasteiger partial charge is 0.251 e. The summed E-state index contributed by atoms with van der Waals surface area (Å²) in [4.78, 5) is 24.9. The van der Waals surface area contributed by atoms with Crippen molar-refractivity contribution in [2.24, 2.45) is 0 Å². The second-order valence-electron chi connectivity index (χ2n) is 6.50. The summed E-state index contributed by atoms with van der Waals surface area (Å²) >= 11 is 5.87. The lowest BCUT2D eigenvalue weighted by atomic mass is 10.1. The Labute approximate surface area is 169 Å². The normalized spacial score (nSPS) is 10.4. The third-order valence-electron chi connectivity index (χ3n) is 4.45. The van der Waals surface area contributed by atoms with Crippen molar-refractivity contribution in [2.75, 3.05) is 0 Å². The second kappa shape index (κ2) is 9.20. The lowest BCUT2D eigenvalue weighted by Gasteiger charge is -2.09. The van der Waals surface area contributed by atoms with E-state index in [0.717, 1.165) is 16.7 Å². The van der Waals surface area contributed by atoms with E-state index in [9.17, 15) is 9.59 Å². The van der Waals surface area contributed by atoms with Crippen LogP contribution in [0.4, 0.5) is 0 Å². The summed E-state index contributed by atoms with van der Waals surface area (Å²) in [6.07, 6.45) is 0. The van der Waals surface area contributed by atoms with E-state index in [-0.39, 0.29) is 11.8 Å². The van der Waals surface area contributed by atoms with Gasteiger partial charge in [0.1, 0.15) is 0 Å². The summed E-state index contributed by atoms with van der Waals surface area (Å²) in [5, 5.41) is 6.41. The molecule has 3 aromatic carbocycles. The van der Waals surface area contributed by atoms with Crippen LogP contribution in [0.3, 0.4) is 0 Å². The number of amides is 2. The van der Waals surface area contributed by atoms with Gasteiger partial charge < -0.3 is 10.6 Å². The van der Waals surface area contributed by atoms with E-state index in [1.807, 2.05) is 43.3 Å². The molecule has 0 unspecified atom stereocenters. The molecule has 28 heavy (non-hydrogen) atoms. The molecule has 142 valence electrons. The molecule has 0 aliphatic rings. The van der Waals surface area contributed by atoms with Crippen LogP contribution in [0.25, 0.3) is 0 Å². The average molecular weight is 393 g/mol. The fourth-order valence-electron chi connectivity index (χ4n) is 2.77. The van der Waals surface area contributed by atoms with Gasteiger partial charge in [0, 0.05) is 29.2 Å². The molecule has 3 rings (SSSR count). The number of hydrogen-bond donors (Lipinski definition) is 2. The first-order chi connectivity index (χ1) is 13.5. The summed E-state index contributed by atoms with van der Waals surface area (Å²) in [6, 6.07) is 21.9. The average Bonchev–Trinajstić information content (AvgIpc) is 2.72. The standard InChI is InChI=1S/C23H21ClN2O2/c1-16-5-2-3-6-20(16)15-26-23(28)19-8-4-7-18(13-19)22(27)25-14-17-9-11-21(24)12-10-17/h2-13H,14-15H2,1H3,(H,25,27)(H,26,28). The molecule has 2 amide bonds. The van der Waals surface area contributed by atoms with Gasteiger partial charge in [-0.15, -0.1) is 0 Å². The van der Waals surface area contributed by atoms with Gasteiger partial charge >= 0.3 is 0 Å². The number of carbonyl (C=O) groups excluding carboxylic acids is 2. The molecule has 0 fully saturated rings. The summed E-state index contributed by atoms with van der Waals surface area (Å²) in [5.74, 6) is -0.445. The quantitative estimate of drug-likeness (QED) is 0.648. The molecule has 0 bridgehead atoms. The molecule has 5 heteroatoms. The highest BCUT2D eigenvalue weighted by Gasteiger charge is 2.11. The van der Waals surface area contributed by atoms with E-state index in [0.29, 0.717) is 29.2 Å². The Morgan fingerprint density at radius 3 is 2.04 bits per heavy atom. The van der Waals surface area contributed by atoms with Crippen molar-refractivity contribution in [2.45, 2.75) is 20.0 Å².